The van der Waals surface area contributed by atoms with E-state index < -0.39 is 5.54 Å². The van der Waals surface area contributed by atoms with Crippen molar-refractivity contribution in [1.29, 1.82) is 0 Å². The average Bonchev–Trinajstić information content (AvgIpc) is 2.66. The molecule has 1 aromatic heterocycles. The van der Waals surface area contributed by atoms with Crippen molar-refractivity contribution in [3.05, 3.63) is 22.4 Å². The van der Waals surface area contributed by atoms with Gasteiger partial charge in [-0.15, -0.1) is 11.3 Å². The first kappa shape index (κ1) is 11.2. The van der Waals surface area contributed by atoms with Crippen molar-refractivity contribution in [2.45, 2.75) is 32.4 Å². The molecule has 3 nitrogen and oxygen atoms in total. The fraction of sp³-hybridized carbons (Fsp3) is 0.500. The summed E-state index contributed by atoms with van der Waals surface area (Å²) < 4.78 is 0. The first-order valence-electron chi connectivity index (χ1n) is 4.66. The number of nitrogens with two attached hydrogens (primary N) is 1. The van der Waals surface area contributed by atoms with E-state index in [1.54, 1.807) is 18.3 Å². The summed E-state index contributed by atoms with van der Waals surface area (Å²) in [6.45, 7) is 4.23. The number of carbonyl (C=O) groups excluding carboxylic acids is 1. The van der Waals surface area contributed by atoms with Crippen LogP contribution in [0, 0.1) is 0 Å². The Morgan fingerprint density at radius 2 is 2.43 bits per heavy atom. The van der Waals surface area contributed by atoms with Gasteiger partial charge in [-0.3, -0.25) is 4.79 Å². The Kier molecular flexibility index (Phi) is 3.66. The second-order valence-electron chi connectivity index (χ2n) is 3.53. The van der Waals surface area contributed by atoms with Gasteiger partial charge in [-0.05, 0) is 24.8 Å². The molecule has 1 aromatic rings. The minimum absolute atomic E-state index is 0.0894. The summed E-state index contributed by atoms with van der Waals surface area (Å²) in [4.78, 5) is 12.7. The first-order valence-corrected chi connectivity index (χ1v) is 5.54. The van der Waals surface area contributed by atoms with Gasteiger partial charge in [-0.2, -0.15) is 0 Å². The number of amides is 1. The van der Waals surface area contributed by atoms with Crippen molar-refractivity contribution >= 4 is 17.2 Å². The SMILES string of the molecule is CCC(C)(N)C(=O)NCc1cccs1. The van der Waals surface area contributed by atoms with Gasteiger partial charge in [0.15, 0.2) is 0 Å². The lowest BCUT2D eigenvalue weighted by Gasteiger charge is -2.21. The van der Waals surface area contributed by atoms with Gasteiger partial charge in [-0.1, -0.05) is 13.0 Å². The zero-order valence-electron chi connectivity index (χ0n) is 8.54. The average molecular weight is 212 g/mol. The Balaban J connectivity index is 2.43. The standard InChI is InChI=1S/C10H16N2OS/c1-3-10(2,11)9(13)12-7-8-5-4-6-14-8/h4-6H,3,7,11H2,1-2H3,(H,12,13). The van der Waals surface area contributed by atoms with Gasteiger partial charge >= 0.3 is 0 Å². The minimum atomic E-state index is -0.753. The zero-order valence-corrected chi connectivity index (χ0v) is 9.36. The lowest BCUT2D eigenvalue weighted by atomic mass is 10.00. The molecule has 1 atom stereocenters. The van der Waals surface area contributed by atoms with Crippen LogP contribution in [0.3, 0.4) is 0 Å². The number of nitrogens with one attached hydrogen (secondary N) is 1. The van der Waals surface area contributed by atoms with Crippen LogP contribution in [0.15, 0.2) is 17.5 Å². The van der Waals surface area contributed by atoms with Crippen LogP contribution >= 0.6 is 11.3 Å². The van der Waals surface area contributed by atoms with Gasteiger partial charge in [0.25, 0.3) is 0 Å². The molecule has 1 heterocycles. The second-order valence-corrected chi connectivity index (χ2v) is 4.57. The lowest BCUT2D eigenvalue weighted by molar-refractivity contribution is -0.126. The van der Waals surface area contributed by atoms with E-state index in [1.165, 1.54) is 0 Å². The molecule has 0 aliphatic heterocycles. The third kappa shape index (κ3) is 2.82. The Bertz CT molecular complexity index is 293. The number of hydrogen-bond acceptors (Lipinski definition) is 3. The van der Waals surface area contributed by atoms with Gasteiger partial charge in [0, 0.05) is 4.88 Å². The smallest absolute Gasteiger partial charge is 0.240 e. The van der Waals surface area contributed by atoms with Gasteiger partial charge < -0.3 is 11.1 Å². The minimum Gasteiger partial charge on any atom is -0.350 e. The second kappa shape index (κ2) is 4.57. The Morgan fingerprint density at radius 1 is 1.71 bits per heavy atom. The molecule has 0 spiro atoms. The molecule has 78 valence electrons. The molecule has 1 unspecified atom stereocenters. The van der Waals surface area contributed by atoms with Crippen LogP contribution in [0.25, 0.3) is 0 Å². The summed E-state index contributed by atoms with van der Waals surface area (Å²) in [5, 5.41) is 4.81. The molecule has 0 fully saturated rings. The van der Waals surface area contributed by atoms with Crippen molar-refractivity contribution in [1.82, 2.24) is 5.32 Å². The molecular formula is C10H16N2OS. The molecule has 0 saturated carbocycles. The molecule has 0 radical (unpaired) electrons. The molecular weight excluding hydrogens is 196 g/mol. The van der Waals surface area contributed by atoms with Crippen LogP contribution in [-0.4, -0.2) is 11.4 Å². The maximum atomic E-state index is 11.6. The highest BCUT2D eigenvalue weighted by Crippen LogP contribution is 2.09. The molecule has 0 aliphatic rings. The van der Waals surface area contributed by atoms with Crippen LogP contribution in [0.5, 0.6) is 0 Å². The van der Waals surface area contributed by atoms with Crippen LogP contribution in [0.4, 0.5) is 0 Å². The predicted octanol–water partition coefficient (Wildman–Crippen LogP) is 1.49. The molecule has 0 aromatic carbocycles. The van der Waals surface area contributed by atoms with Crippen molar-refractivity contribution in [3.8, 4) is 0 Å². The van der Waals surface area contributed by atoms with Crippen molar-refractivity contribution < 1.29 is 4.79 Å². The summed E-state index contributed by atoms with van der Waals surface area (Å²) in [7, 11) is 0. The maximum Gasteiger partial charge on any atom is 0.240 e. The summed E-state index contributed by atoms with van der Waals surface area (Å²) >= 11 is 1.63. The van der Waals surface area contributed by atoms with E-state index in [1.807, 2.05) is 24.4 Å². The largest absolute Gasteiger partial charge is 0.350 e. The molecule has 14 heavy (non-hydrogen) atoms. The summed E-state index contributed by atoms with van der Waals surface area (Å²) in [6, 6.07) is 3.96. The third-order valence-corrected chi connectivity index (χ3v) is 3.13. The normalized spacial score (nSPS) is 14.8. The van der Waals surface area contributed by atoms with E-state index in [0.29, 0.717) is 13.0 Å². The van der Waals surface area contributed by atoms with E-state index in [2.05, 4.69) is 5.32 Å². The summed E-state index contributed by atoms with van der Waals surface area (Å²) in [6.07, 6.45) is 0.642. The molecule has 1 rings (SSSR count). The summed E-state index contributed by atoms with van der Waals surface area (Å²) in [5.74, 6) is -0.0894. The Labute approximate surface area is 88.3 Å². The van der Waals surface area contributed by atoms with Crippen molar-refractivity contribution in [3.63, 3.8) is 0 Å². The molecule has 0 bridgehead atoms. The molecule has 3 N–H and O–H groups in total. The highest BCUT2D eigenvalue weighted by molar-refractivity contribution is 7.09. The third-order valence-electron chi connectivity index (χ3n) is 2.26. The molecule has 4 heteroatoms. The van der Waals surface area contributed by atoms with E-state index in [9.17, 15) is 4.79 Å². The van der Waals surface area contributed by atoms with Crippen LogP contribution in [-0.2, 0) is 11.3 Å². The van der Waals surface area contributed by atoms with Crippen LogP contribution in [0.2, 0.25) is 0 Å². The topological polar surface area (TPSA) is 55.1 Å². The van der Waals surface area contributed by atoms with Crippen molar-refractivity contribution in [2.75, 3.05) is 0 Å². The van der Waals surface area contributed by atoms with E-state index in [-0.39, 0.29) is 5.91 Å². The van der Waals surface area contributed by atoms with E-state index >= 15 is 0 Å². The van der Waals surface area contributed by atoms with Crippen LogP contribution < -0.4 is 11.1 Å². The lowest BCUT2D eigenvalue weighted by Crippen LogP contribution is -2.50. The predicted molar refractivity (Wildman–Crippen MR) is 59.0 cm³/mol. The first-order chi connectivity index (χ1) is 6.56. The van der Waals surface area contributed by atoms with Crippen molar-refractivity contribution in [2.24, 2.45) is 5.73 Å². The van der Waals surface area contributed by atoms with Crippen LogP contribution in [0.1, 0.15) is 25.1 Å². The Hall–Kier alpha value is -0.870. The highest BCUT2D eigenvalue weighted by Gasteiger charge is 2.25. The van der Waals surface area contributed by atoms with Gasteiger partial charge in [0.1, 0.15) is 0 Å². The van der Waals surface area contributed by atoms with Gasteiger partial charge in [0.05, 0.1) is 12.1 Å². The maximum absolute atomic E-state index is 11.6. The van der Waals surface area contributed by atoms with Gasteiger partial charge in [0.2, 0.25) is 5.91 Å². The fourth-order valence-electron chi connectivity index (χ4n) is 0.943. The highest BCUT2D eigenvalue weighted by atomic mass is 32.1. The molecule has 1 amide bonds. The van der Waals surface area contributed by atoms with E-state index in [4.69, 9.17) is 5.73 Å². The monoisotopic (exact) mass is 212 g/mol. The Morgan fingerprint density at radius 3 is 2.93 bits per heavy atom. The molecule has 0 saturated heterocycles. The fourth-order valence-corrected chi connectivity index (χ4v) is 1.59. The number of carbonyl (C=O) groups is 1. The number of thiophene rings is 1. The summed E-state index contributed by atoms with van der Waals surface area (Å²) in [5.41, 5.74) is 5.04. The van der Waals surface area contributed by atoms with Gasteiger partial charge in [-0.25, -0.2) is 0 Å². The number of hydrogen-bond donors (Lipinski definition) is 2. The zero-order chi connectivity index (χ0) is 10.6. The van der Waals surface area contributed by atoms with E-state index in [0.717, 1.165) is 4.88 Å². The number of rotatable bonds is 4. The molecule has 0 aliphatic carbocycles. The quantitative estimate of drug-likeness (QED) is 0.794.